The van der Waals surface area contributed by atoms with Gasteiger partial charge < -0.3 is 15.0 Å². The summed E-state index contributed by atoms with van der Waals surface area (Å²) in [5, 5.41) is 14.7. The summed E-state index contributed by atoms with van der Waals surface area (Å²) in [5.74, 6) is 0.506. The van der Waals surface area contributed by atoms with Crippen LogP contribution in [0.3, 0.4) is 0 Å². The fraction of sp³-hybridized carbons (Fsp3) is 0.615. The van der Waals surface area contributed by atoms with E-state index < -0.39 is 0 Å². The van der Waals surface area contributed by atoms with Crippen LogP contribution in [0.25, 0.3) is 0 Å². The number of guanidine groups is 1. The molecule has 0 spiro atoms. The van der Waals surface area contributed by atoms with Crippen molar-refractivity contribution in [2.45, 2.75) is 64.2 Å². The predicted molar refractivity (Wildman–Crippen MR) is 133 cm³/mol. The molecule has 1 aromatic carbocycles. The number of hydrogen-bond acceptors (Lipinski definition) is 4. The zero-order chi connectivity index (χ0) is 23.1. The third kappa shape index (κ3) is 9.32. The summed E-state index contributed by atoms with van der Waals surface area (Å²) >= 11 is 0. The average molecular weight is 440 g/mol. The maximum Gasteiger partial charge on any atom is 0.209 e. The van der Waals surface area contributed by atoms with E-state index in [9.17, 15) is 0 Å². The Balaban J connectivity index is 1.58. The molecule has 6 heteroatoms. The molecule has 176 valence electrons. The standard InChI is InChI=1S/C26H41N5O/c1-23(31(2)20-26(21-32-3)17-11-12-18-26)14-8-5-4-6-13-19-28-25(29-22-27)30-24-15-9-7-10-16-24/h7,9-10,15-16H,1,4-6,8,11-14,17-21H2,2-3H3,(H2,28,29,30). The van der Waals surface area contributed by atoms with Crippen LogP contribution in [0.4, 0.5) is 5.69 Å². The highest BCUT2D eigenvalue weighted by Gasteiger charge is 2.35. The minimum absolute atomic E-state index is 0.321. The molecule has 0 radical (unpaired) electrons. The molecular formula is C26H41N5O. The van der Waals surface area contributed by atoms with Gasteiger partial charge in [-0.3, -0.25) is 10.3 Å². The van der Waals surface area contributed by atoms with Crippen LogP contribution in [0.15, 0.2) is 47.6 Å². The lowest BCUT2D eigenvalue weighted by Crippen LogP contribution is -2.36. The van der Waals surface area contributed by atoms with Crippen LogP contribution in [0.2, 0.25) is 0 Å². The summed E-state index contributed by atoms with van der Waals surface area (Å²) in [6.45, 7) is 6.97. The fourth-order valence-corrected chi connectivity index (χ4v) is 4.57. The maximum absolute atomic E-state index is 8.92. The number of anilines is 1. The number of methoxy groups -OCH3 is 1. The van der Waals surface area contributed by atoms with Crippen molar-refractivity contribution in [2.24, 2.45) is 10.4 Å². The van der Waals surface area contributed by atoms with Gasteiger partial charge >= 0.3 is 0 Å². The summed E-state index contributed by atoms with van der Waals surface area (Å²) in [5.41, 5.74) is 2.48. The molecule has 0 heterocycles. The number of nitriles is 1. The van der Waals surface area contributed by atoms with Crippen LogP contribution >= 0.6 is 0 Å². The zero-order valence-corrected chi connectivity index (χ0v) is 20.0. The Kier molecular flexibility index (Phi) is 11.7. The van der Waals surface area contributed by atoms with E-state index >= 15 is 0 Å². The van der Waals surface area contributed by atoms with E-state index in [2.05, 4.69) is 34.2 Å². The largest absolute Gasteiger partial charge is 0.384 e. The van der Waals surface area contributed by atoms with Gasteiger partial charge in [0.15, 0.2) is 6.19 Å². The van der Waals surface area contributed by atoms with Gasteiger partial charge in [-0.25, -0.2) is 0 Å². The summed E-state index contributed by atoms with van der Waals surface area (Å²) in [6, 6.07) is 9.76. The van der Waals surface area contributed by atoms with E-state index in [0.717, 1.165) is 38.1 Å². The number of ether oxygens (including phenoxy) is 1. The Morgan fingerprint density at radius 1 is 1.16 bits per heavy atom. The number of unbranched alkanes of at least 4 members (excludes halogenated alkanes) is 4. The first-order chi connectivity index (χ1) is 15.6. The smallest absolute Gasteiger partial charge is 0.209 e. The first-order valence-corrected chi connectivity index (χ1v) is 12.0. The van der Waals surface area contributed by atoms with Gasteiger partial charge in [-0.15, -0.1) is 0 Å². The maximum atomic E-state index is 8.92. The number of rotatable bonds is 14. The molecule has 0 amide bonds. The normalized spacial score (nSPS) is 15.2. The van der Waals surface area contributed by atoms with Crippen molar-refractivity contribution in [3.05, 3.63) is 42.6 Å². The lowest BCUT2D eigenvalue weighted by atomic mass is 9.86. The number of aliphatic imine (C=N–C) groups is 1. The van der Waals surface area contributed by atoms with Gasteiger partial charge in [0.2, 0.25) is 5.96 Å². The molecule has 2 rings (SSSR count). The van der Waals surface area contributed by atoms with Gasteiger partial charge in [0.1, 0.15) is 0 Å². The lowest BCUT2D eigenvalue weighted by molar-refractivity contribution is 0.0629. The molecule has 0 atom stereocenters. The van der Waals surface area contributed by atoms with Crippen LogP contribution < -0.4 is 10.6 Å². The van der Waals surface area contributed by atoms with Crippen LogP contribution in [-0.2, 0) is 4.74 Å². The van der Waals surface area contributed by atoms with Crippen molar-refractivity contribution in [1.29, 1.82) is 5.26 Å². The van der Waals surface area contributed by atoms with Crippen molar-refractivity contribution in [1.82, 2.24) is 10.2 Å². The number of benzene rings is 1. The van der Waals surface area contributed by atoms with Gasteiger partial charge in [0, 0.05) is 44.0 Å². The molecule has 0 unspecified atom stereocenters. The van der Waals surface area contributed by atoms with Crippen LogP contribution in [0, 0.1) is 16.9 Å². The fourth-order valence-electron chi connectivity index (χ4n) is 4.57. The molecule has 32 heavy (non-hydrogen) atoms. The van der Waals surface area contributed by atoms with Gasteiger partial charge in [0.05, 0.1) is 6.61 Å². The molecule has 1 aliphatic rings. The Morgan fingerprint density at radius 2 is 1.84 bits per heavy atom. The molecule has 6 nitrogen and oxygen atoms in total. The lowest BCUT2D eigenvalue weighted by Gasteiger charge is -2.35. The minimum atomic E-state index is 0.321. The van der Waals surface area contributed by atoms with Crippen molar-refractivity contribution >= 4 is 11.6 Å². The Hall–Kier alpha value is -2.52. The van der Waals surface area contributed by atoms with E-state index in [-0.39, 0.29) is 0 Å². The second-order valence-electron chi connectivity index (χ2n) is 9.04. The van der Waals surface area contributed by atoms with Gasteiger partial charge in [0.25, 0.3) is 0 Å². The quantitative estimate of drug-likeness (QED) is 0.131. The number of nitrogens with zero attached hydrogens (tertiary/aromatic N) is 3. The van der Waals surface area contributed by atoms with Gasteiger partial charge in [-0.1, -0.05) is 56.9 Å². The Morgan fingerprint density at radius 3 is 2.53 bits per heavy atom. The molecule has 1 saturated carbocycles. The summed E-state index contributed by atoms with van der Waals surface area (Å²) in [7, 11) is 4.01. The Bertz CT molecular complexity index is 734. The molecular weight excluding hydrogens is 398 g/mol. The van der Waals surface area contributed by atoms with E-state index in [1.807, 2.05) is 43.6 Å². The topological polar surface area (TPSA) is 72.7 Å². The second-order valence-corrected chi connectivity index (χ2v) is 9.04. The molecule has 0 saturated heterocycles. The van der Waals surface area contributed by atoms with Crippen molar-refractivity contribution in [2.75, 3.05) is 39.2 Å². The molecule has 1 fully saturated rings. The Labute approximate surface area is 194 Å². The van der Waals surface area contributed by atoms with Crippen LogP contribution in [0.5, 0.6) is 0 Å². The molecule has 0 aromatic heterocycles. The summed E-state index contributed by atoms with van der Waals surface area (Å²) in [4.78, 5) is 6.85. The van der Waals surface area contributed by atoms with Crippen molar-refractivity contribution in [3.8, 4) is 6.19 Å². The van der Waals surface area contributed by atoms with E-state index in [1.54, 1.807) is 0 Å². The first-order valence-electron chi connectivity index (χ1n) is 12.0. The summed E-state index contributed by atoms with van der Waals surface area (Å²) < 4.78 is 5.52. The monoisotopic (exact) mass is 439 g/mol. The van der Waals surface area contributed by atoms with Gasteiger partial charge in [-0.2, -0.15) is 5.26 Å². The van der Waals surface area contributed by atoms with E-state index in [4.69, 9.17) is 10.00 Å². The molecule has 0 bridgehead atoms. The first kappa shape index (κ1) is 25.7. The third-order valence-corrected chi connectivity index (χ3v) is 6.33. The second kappa shape index (κ2) is 14.5. The van der Waals surface area contributed by atoms with E-state index in [0.29, 0.717) is 17.9 Å². The van der Waals surface area contributed by atoms with E-state index in [1.165, 1.54) is 50.6 Å². The average Bonchev–Trinajstić information content (AvgIpc) is 3.24. The third-order valence-electron chi connectivity index (χ3n) is 6.33. The van der Waals surface area contributed by atoms with Gasteiger partial charge in [-0.05, 0) is 44.2 Å². The predicted octanol–water partition coefficient (Wildman–Crippen LogP) is 5.52. The number of hydrogen-bond donors (Lipinski definition) is 2. The summed E-state index contributed by atoms with van der Waals surface area (Å²) in [6.07, 6.45) is 14.0. The van der Waals surface area contributed by atoms with Crippen LogP contribution in [-0.4, -0.2) is 44.7 Å². The highest BCUT2D eigenvalue weighted by Crippen LogP contribution is 2.39. The molecule has 2 N–H and O–H groups in total. The molecule has 1 aromatic rings. The van der Waals surface area contributed by atoms with Crippen molar-refractivity contribution < 1.29 is 4.74 Å². The van der Waals surface area contributed by atoms with Crippen LogP contribution in [0.1, 0.15) is 64.2 Å². The number of para-hydroxylation sites is 1. The highest BCUT2D eigenvalue weighted by atomic mass is 16.5. The molecule has 1 aliphatic carbocycles. The number of allylic oxidation sites excluding steroid dienone is 1. The minimum Gasteiger partial charge on any atom is -0.384 e. The molecule has 0 aliphatic heterocycles. The number of nitrogens with one attached hydrogen (secondary N) is 2. The SMILES string of the molecule is C=C(CCCCCCCN=C(NC#N)Nc1ccccc1)N(C)CC1(COC)CCCC1. The zero-order valence-electron chi connectivity index (χ0n) is 20.0. The van der Waals surface area contributed by atoms with Crippen molar-refractivity contribution in [3.63, 3.8) is 0 Å². The highest BCUT2D eigenvalue weighted by molar-refractivity contribution is 5.94.